The van der Waals surface area contributed by atoms with Gasteiger partial charge >= 0.3 is 12.0 Å². The van der Waals surface area contributed by atoms with E-state index in [1.807, 2.05) is 24.3 Å². The highest BCUT2D eigenvalue weighted by molar-refractivity contribution is 5.79. The molecule has 16 heavy (non-hydrogen) atoms. The van der Waals surface area contributed by atoms with Crippen molar-refractivity contribution in [3.63, 3.8) is 0 Å². The van der Waals surface area contributed by atoms with E-state index in [0.717, 1.165) is 5.52 Å². The number of nitrogens with one attached hydrogen (secondary N) is 2. The van der Waals surface area contributed by atoms with E-state index in [2.05, 4.69) is 15.7 Å². The van der Waals surface area contributed by atoms with Crippen LogP contribution in [0.4, 0.5) is 10.8 Å². The Kier molecular flexibility index (Phi) is 1.79. The van der Waals surface area contributed by atoms with Crippen LogP contribution in [0.1, 0.15) is 0 Å². The number of nitrogens with zero attached hydrogens (tertiary/aromatic N) is 2. The Morgan fingerprint density at radius 3 is 3.00 bits per heavy atom. The number of carbonyl (C=O) groups is 1. The minimum absolute atomic E-state index is 0.326. The second-order valence-electron chi connectivity index (χ2n) is 3.24. The Morgan fingerprint density at radius 2 is 2.19 bits per heavy atom. The molecule has 1 aliphatic heterocycles. The van der Waals surface area contributed by atoms with E-state index < -0.39 is 0 Å². The second-order valence-corrected chi connectivity index (χ2v) is 3.24. The lowest BCUT2D eigenvalue weighted by atomic mass is 10.3. The lowest BCUT2D eigenvalue weighted by molar-refractivity contribution is 0.242. The van der Waals surface area contributed by atoms with Crippen molar-refractivity contribution in [2.45, 2.75) is 0 Å². The molecule has 0 aliphatic carbocycles. The molecule has 2 N–H and O–H groups in total. The van der Waals surface area contributed by atoms with Gasteiger partial charge in [0.25, 0.3) is 0 Å². The number of para-hydroxylation sites is 2. The van der Waals surface area contributed by atoms with Crippen LogP contribution in [-0.4, -0.2) is 11.0 Å². The maximum atomic E-state index is 11.1. The molecule has 1 aliphatic rings. The van der Waals surface area contributed by atoms with Gasteiger partial charge < -0.3 is 9.73 Å². The summed E-state index contributed by atoms with van der Waals surface area (Å²) in [5, 5.41) is 3.89. The lowest BCUT2D eigenvalue weighted by Crippen LogP contribution is -2.47. The highest BCUT2D eigenvalue weighted by Crippen LogP contribution is 2.20. The van der Waals surface area contributed by atoms with E-state index in [9.17, 15) is 4.79 Å². The largest absolute Gasteiger partial charge is 0.422 e. The van der Waals surface area contributed by atoms with Crippen molar-refractivity contribution in [1.82, 2.24) is 15.7 Å². The summed E-state index contributed by atoms with van der Waals surface area (Å²) in [7, 11) is 0. The number of hydrogen-bond donors (Lipinski definition) is 2. The van der Waals surface area contributed by atoms with Crippen LogP contribution in [0.3, 0.4) is 0 Å². The summed E-state index contributed by atoms with van der Waals surface area (Å²) in [5.41, 5.74) is 3.96. The van der Waals surface area contributed by atoms with Crippen LogP contribution in [0.2, 0.25) is 0 Å². The fraction of sp³-hybridized carbons (Fsp3) is 0. The second kappa shape index (κ2) is 3.27. The smallest absolute Gasteiger partial charge is 0.338 e. The lowest BCUT2D eigenvalue weighted by Gasteiger charge is -2.19. The van der Waals surface area contributed by atoms with Crippen LogP contribution < -0.4 is 15.8 Å². The van der Waals surface area contributed by atoms with Gasteiger partial charge in [-0.05, 0) is 12.1 Å². The summed E-state index contributed by atoms with van der Waals surface area (Å²) in [6, 6.07) is 7.40. The Balaban J connectivity index is 2.02. The van der Waals surface area contributed by atoms with Crippen molar-refractivity contribution < 1.29 is 9.21 Å². The number of oxazole rings is 1. The molecule has 0 saturated heterocycles. The first-order valence-corrected chi connectivity index (χ1v) is 4.71. The Bertz CT molecular complexity index is 542. The monoisotopic (exact) mass is 216 g/mol. The molecule has 1 aromatic heterocycles. The van der Waals surface area contributed by atoms with Gasteiger partial charge in [0.2, 0.25) is 0 Å². The van der Waals surface area contributed by atoms with Gasteiger partial charge in [0, 0.05) is 12.4 Å². The predicted molar refractivity (Wildman–Crippen MR) is 57.3 cm³/mol. The number of anilines is 1. The molecule has 0 spiro atoms. The third-order valence-electron chi connectivity index (χ3n) is 2.15. The third kappa shape index (κ3) is 1.36. The molecule has 2 amide bonds. The van der Waals surface area contributed by atoms with Crippen LogP contribution in [0.5, 0.6) is 0 Å². The zero-order valence-electron chi connectivity index (χ0n) is 8.18. The van der Waals surface area contributed by atoms with Crippen LogP contribution in [0, 0.1) is 0 Å². The summed E-state index contributed by atoms with van der Waals surface area (Å²) in [4.78, 5) is 15.3. The first kappa shape index (κ1) is 8.78. The van der Waals surface area contributed by atoms with Gasteiger partial charge in [-0.2, -0.15) is 4.98 Å². The van der Waals surface area contributed by atoms with Crippen molar-refractivity contribution in [1.29, 1.82) is 0 Å². The van der Waals surface area contributed by atoms with Gasteiger partial charge in [-0.15, -0.1) is 0 Å². The first-order chi connectivity index (χ1) is 7.83. The fourth-order valence-corrected chi connectivity index (χ4v) is 1.44. The van der Waals surface area contributed by atoms with Gasteiger partial charge in [0.15, 0.2) is 5.58 Å². The number of aromatic nitrogens is 1. The molecule has 2 aromatic rings. The van der Waals surface area contributed by atoms with E-state index >= 15 is 0 Å². The number of amides is 2. The van der Waals surface area contributed by atoms with Gasteiger partial charge in [-0.25, -0.2) is 15.2 Å². The molecule has 80 valence electrons. The molecule has 2 heterocycles. The van der Waals surface area contributed by atoms with Gasteiger partial charge in [-0.1, -0.05) is 12.1 Å². The molecule has 0 fully saturated rings. The van der Waals surface area contributed by atoms with Crippen LogP contribution in [0.15, 0.2) is 41.1 Å². The van der Waals surface area contributed by atoms with Gasteiger partial charge in [-0.3, -0.25) is 0 Å². The predicted octanol–water partition coefficient (Wildman–Crippen LogP) is 1.33. The molecule has 0 atom stereocenters. The summed E-state index contributed by atoms with van der Waals surface area (Å²) in [6.45, 7) is 0. The number of benzene rings is 1. The number of carbonyl (C=O) groups excluding carboxylic acids is 1. The average molecular weight is 216 g/mol. The first-order valence-electron chi connectivity index (χ1n) is 4.71. The summed E-state index contributed by atoms with van der Waals surface area (Å²) < 4.78 is 5.48. The average Bonchev–Trinajstić information content (AvgIpc) is 2.72. The van der Waals surface area contributed by atoms with Gasteiger partial charge in [0.1, 0.15) is 5.52 Å². The Morgan fingerprint density at radius 1 is 1.31 bits per heavy atom. The maximum Gasteiger partial charge on any atom is 0.338 e. The molecule has 0 saturated carbocycles. The van der Waals surface area contributed by atoms with Gasteiger partial charge in [0.05, 0.1) is 0 Å². The zero-order chi connectivity index (χ0) is 11.0. The standard InChI is InChI=1S/C10H8N4O2/c15-9-11-5-6-14(13-9)10-12-7-3-1-2-4-8(7)16-10/h1-6H,(H2,11,13,15). The molecule has 6 heteroatoms. The zero-order valence-corrected chi connectivity index (χ0v) is 8.18. The summed E-state index contributed by atoms with van der Waals surface area (Å²) in [6.07, 6.45) is 3.12. The molecular formula is C10H8N4O2. The number of hydrazine groups is 1. The number of urea groups is 1. The number of hydrogen-bond acceptors (Lipinski definition) is 4. The maximum absolute atomic E-state index is 11.1. The van der Waals surface area contributed by atoms with E-state index in [4.69, 9.17) is 4.42 Å². The SMILES string of the molecule is O=C1NC=CN(c2nc3ccccc3o2)N1. The van der Waals surface area contributed by atoms with Crippen molar-refractivity contribution >= 4 is 23.1 Å². The molecule has 0 unspecified atom stereocenters. The molecular weight excluding hydrogens is 208 g/mol. The Labute approximate surface area is 90.5 Å². The highest BCUT2D eigenvalue weighted by atomic mass is 16.4. The topological polar surface area (TPSA) is 70.4 Å². The molecule has 3 rings (SSSR count). The fourth-order valence-electron chi connectivity index (χ4n) is 1.44. The number of rotatable bonds is 1. The normalized spacial score (nSPS) is 15.0. The molecule has 6 nitrogen and oxygen atoms in total. The van der Waals surface area contributed by atoms with Crippen LogP contribution in [0.25, 0.3) is 11.1 Å². The van der Waals surface area contributed by atoms with E-state index in [0.29, 0.717) is 11.6 Å². The molecule has 0 bridgehead atoms. The quantitative estimate of drug-likeness (QED) is 0.754. The minimum atomic E-state index is -0.329. The van der Waals surface area contributed by atoms with Crippen molar-refractivity contribution in [2.24, 2.45) is 0 Å². The highest BCUT2D eigenvalue weighted by Gasteiger charge is 2.16. The number of fused-ring (bicyclic) bond motifs is 1. The molecule has 1 aromatic carbocycles. The summed E-state index contributed by atoms with van der Waals surface area (Å²) in [5.74, 6) is 0. The van der Waals surface area contributed by atoms with Crippen molar-refractivity contribution in [2.75, 3.05) is 5.01 Å². The summed E-state index contributed by atoms with van der Waals surface area (Å²) >= 11 is 0. The molecule has 0 radical (unpaired) electrons. The van der Waals surface area contributed by atoms with Crippen LogP contribution >= 0.6 is 0 Å². The van der Waals surface area contributed by atoms with E-state index in [-0.39, 0.29) is 6.03 Å². The van der Waals surface area contributed by atoms with Crippen LogP contribution in [-0.2, 0) is 0 Å². The third-order valence-corrected chi connectivity index (χ3v) is 2.15. The van der Waals surface area contributed by atoms with Crippen molar-refractivity contribution in [3.05, 3.63) is 36.7 Å². The van der Waals surface area contributed by atoms with E-state index in [1.165, 1.54) is 11.2 Å². The minimum Gasteiger partial charge on any atom is -0.422 e. The Hall–Kier alpha value is -2.50. The van der Waals surface area contributed by atoms with Crippen molar-refractivity contribution in [3.8, 4) is 0 Å². The van der Waals surface area contributed by atoms with E-state index in [1.54, 1.807) is 6.20 Å².